The van der Waals surface area contributed by atoms with Crippen molar-refractivity contribution in [2.24, 2.45) is 5.92 Å². The van der Waals surface area contributed by atoms with Crippen molar-refractivity contribution in [2.45, 2.75) is 31.7 Å². The lowest BCUT2D eigenvalue weighted by Gasteiger charge is -2.23. The van der Waals surface area contributed by atoms with Crippen LogP contribution in [0.4, 0.5) is 11.4 Å². The van der Waals surface area contributed by atoms with E-state index in [1.165, 1.54) is 6.26 Å². The normalized spacial score (nSPS) is 19.0. The molecule has 1 aliphatic heterocycles. The fourth-order valence-electron chi connectivity index (χ4n) is 3.31. The minimum absolute atomic E-state index is 0.0180. The minimum atomic E-state index is -0.535. The number of carbonyl (C=O) groups excluding carboxylic acids is 3. The number of likely N-dealkylation sites (tertiary alicyclic amines) is 1. The van der Waals surface area contributed by atoms with E-state index in [1.807, 2.05) is 0 Å². The molecule has 1 aromatic carbocycles. The molecule has 3 amide bonds. The van der Waals surface area contributed by atoms with E-state index in [0.717, 1.165) is 19.3 Å². The predicted octanol–water partition coefficient (Wildman–Crippen LogP) is 2.87. The molecule has 0 bridgehead atoms. The Morgan fingerprint density at radius 2 is 1.70 bits per heavy atom. The summed E-state index contributed by atoms with van der Waals surface area (Å²) in [6.45, 7) is 0.523. The molecule has 1 aromatic heterocycles. The zero-order chi connectivity index (χ0) is 18.8. The van der Waals surface area contributed by atoms with Gasteiger partial charge >= 0.3 is 0 Å². The molecule has 1 aliphatic carbocycles. The monoisotopic (exact) mass is 367 g/mol. The van der Waals surface area contributed by atoms with E-state index in [9.17, 15) is 14.4 Å². The summed E-state index contributed by atoms with van der Waals surface area (Å²) in [7, 11) is 0. The summed E-state index contributed by atoms with van der Waals surface area (Å²) < 4.78 is 5.17. The molecule has 4 rings (SSSR count). The van der Waals surface area contributed by atoms with Gasteiger partial charge in [-0.25, -0.2) is 0 Å². The van der Waals surface area contributed by atoms with E-state index in [1.54, 1.807) is 41.3 Å². The molecule has 27 heavy (non-hydrogen) atoms. The number of furan rings is 1. The molecule has 0 radical (unpaired) electrons. The van der Waals surface area contributed by atoms with Crippen molar-refractivity contribution in [2.75, 3.05) is 17.2 Å². The third-order valence-electron chi connectivity index (χ3n) is 4.89. The maximum absolute atomic E-state index is 12.7. The number of nitrogens with one attached hydrogen (secondary N) is 2. The van der Waals surface area contributed by atoms with Crippen LogP contribution in [0.3, 0.4) is 0 Å². The Hall–Kier alpha value is -3.09. The molecule has 7 heteroatoms. The fourth-order valence-corrected chi connectivity index (χ4v) is 3.31. The van der Waals surface area contributed by atoms with Crippen molar-refractivity contribution in [1.29, 1.82) is 0 Å². The van der Waals surface area contributed by atoms with Crippen LogP contribution in [0.1, 0.15) is 36.2 Å². The molecular formula is C20H21N3O4. The van der Waals surface area contributed by atoms with Crippen LogP contribution < -0.4 is 10.6 Å². The maximum Gasteiger partial charge on any atom is 0.290 e. The lowest BCUT2D eigenvalue weighted by atomic mass is 10.2. The first-order valence-electron chi connectivity index (χ1n) is 9.18. The average Bonchev–Trinajstić information content (AvgIpc) is 3.17. The Morgan fingerprint density at radius 3 is 2.37 bits per heavy atom. The van der Waals surface area contributed by atoms with Crippen LogP contribution in [-0.4, -0.2) is 35.2 Å². The summed E-state index contributed by atoms with van der Waals surface area (Å²) in [5.41, 5.74) is 1.24. The van der Waals surface area contributed by atoms with Gasteiger partial charge < -0.3 is 20.0 Å². The second-order valence-corrected chi connectivity index (χ2v) is 6.97. The molecule has 1 saturated heterocycles. The van der Waals surface area contributed by atoms with Gasteiger partial charge in [0.15, 0.2) is 5.76 Å². The van der Waals surface area contributed by atoms with Crippen molar-refractivity contribution in [3.8, 4) is 0 Å². The lowest BCUT2D eigenvalue weighted by molar-refractivity contribution is -0.119. The summed E-state index contributed by atoms with van der Waals surface area (Å²) in [4.78, 5) is 38.7. The predicted molar refractivity (Wildman–Crippen MR) is 99.2 cm³/mol. The van der Waals surface area contributed by atoms with E-state index >= 15 is 0 Å². The first-order chi connectivity index (χ1) is 13.1. The molecule has 1 saturated carbocycles. The van der Waals surface area contributed by atoms with E-state index in [2.05, 4.69) is 10.6 Å². The summed E-state index contributed by atoms with van der Waals surface area (Å²) in [6.07, 6.45) is 4.69. The number of benzene rings is 1. The van der Waals surface area contributed by atoms with Crippen LogP contribution in [0, 0.1) is 5.92 Å². The van der Waals surface area contributed by atoms with Gasteiger partial charge in [0.1, 0.15) is 6.04 Å². The second-order valence-electron chi connectivity index (χ2n) is 6.97. The average molecular weight is 367 g/mol. The Bertz CT molecular complexity index is 858. The van der Waals surface area contributed by atoms with Gasteiger partial charge in [0.05, 0.1) is 6.26 Å². The van der Waals surface area contributed by atoms with Crippen LogP contribution in [0.25, 0.3) is 0 Å². The standard InChI is InChI=1S/C20H21N3O4/c24-18(13-8-9-13)21-14-4-1-5-15(12-14)22-19(25)16-6-2-10-23(16)20(26)17-7-3-11-27-17/h1,3-5,7,11-13,16H,2,6,8-10H2,(H,21,24)(H,22,25). The van der Waals surface area contributed by atoms with Crippen molar-refractivity contribution in [1.82, 2.24) is 4.90 Å². The summed E-state index contributed by atoms with van der Waals surface area (Å²) in [5.74, 6) is -0.145. The molecule has 0 spiro atoms. The zero-order valence-electron chi connectivity index (χ0n) is 14.8. The summed E-state index contributed by atoms with van der Waals surface area (Å²) >= 11 is 0. The van der Waals surface area contributed by atoms with Gasteiger partial charge in [-0.1, -0.05) is 6.07 Å². The Morgan fingerprint density at radius 1 is 0.963 bits per heavy atom. The fraction of sp³-hybridized carbons (Fsp3) is 0.350. The van der Waals surface area contributed by atoms with E-state index in [4.69, 9.17) is 4.42 Å². The molecule has 1 unspecified atom stereocenters. The van der Waals surface area contributed by atoms with Crippen molar-refractivity contribution in [3.63, 3.8) is 0 Å². The van der Waals surface area contributed by atoms with Gasteiger partial charge in [-0.2, -0.15) is 0 Å². The molecule has 2 fully saturated rings. The number of hydrogen-bond donors (Lipinski definition) is 2. The van der Waals surface area contributed by atoms with Crippen LogP contribution in [0.2, 0.25) is 0 Å². The molecule has 1 atom stereocenters. The van der Waals surface area contributed by atoms with Crippen molar-refractivity contribution in [3.05, 3.63) is 48.4 Å². The first kappa shape index (κ1) is 17.3. The Kier molecular flexibility index (Phi) is 4.66. The number of amides is 3. The van der Waals surface area contributed by atoms with Crippen LogP contribution in [-0.2, 0) is 9.59 Å². The number of rotatable bonds is 5. The quantitative estimate of drug-likeness (QED) is 0.850. The van der Waals surface area contributed by atoms with Gasteiger partial charge in [-0.3, -0.25) is 14.4 Å². The SMILES string of the molecule is O=C(Nc1cccc(NC(=O)C2CCCN2C(=O)c2ccco2)c1)C1CC1. The number of nitrogens with zero attached hydrogens (tertiary/aromatic N) is 1. The highest BCUT2D eigenvalue weighted by molar-refractivity contribution is 6.01. The molecule has 7 nitrogen and oxygen atoms in total. The van der Waals surface area contributed by atoms with Gasteiger partial charge in [0.2, 0.25) is 11.8 Å². The molecule has 2 aromatic rings. The highest BCUT2D eigenvalue weighted by atomic mass is 16.3. The third kappa shape index (κ3) is 3.86. The van der Waals surface area contributed by atoms with Crippen molar-refractivity contribution >= 4 is 29.1 Å². The Balaban J connectivity index is 1.42. The van der Waals surface area contributed by atoms with Gasteiger partial charge in [0, 0.05) is 23.8 Å². The third-order valence-corrected chi connectivity index (χ3v) is 4.89. The number of carbonyl (C=O) groups is 3. The molecule has 2 aliphatic rings. The van der Waals surface area contributed by atoms with E-state index in [-0.39, 0.29) is 29.4 Å². The van der Waals surface area contributed by atoms with Gasteiger partial charge in [0.25, 0.3) is 5.91 Å². The largest absolute Gasteiger partial charge is 0.459 e. The van der Waals surface area contributed by atoms with Gasteiger partial charge in [-0.15, -0.1) is 0 Å². The molecule has 140 valence electrons. The van der Waals surface area contributed by atoms with Crippen LogP contribution in [0.5, 0.6) is 0 Å². The number of hydrogen-bond acceptors (Lipinski definition) is 4. The highest BCUT2D eigenvalue weighted by Gasteiger charge is 2.35. The molecule has 2 N–H and O–H groups in total. The first-order valence-corrected chi connectivity index (χ1v) is 9.18. The van der Waals surface area contributed by atoms with Gasteiger partial charge in [-0.05, 0) is 56.0 Å². The second kappa shape index (κ2) is 7.26. The smallest absolute Gasteiger partial charge is 0.290 e. The van der Waals surface area contributed by atoms with Crippen LogP contribution >= 0.6 is 0 Å². The Labute approximate surface area is 156 Å². The molecule has 2 heterocycles. The van der Waals surface area contributed by atoms with E-state index in [0.29, 0.717) is 24.3 Å². The minimum Gasteiger partial charge on any atom is -0.459 e. The zero-order valence-corrected chi connectivity index (χ0v) is 14.8. The van der Waals surface area contributed by atoms with E-state index < -0.39 is 6.04 Å². The molecular weight excluding hydrogens is 346 g/mol. The van der Waals surface area contributed by atoms with Crippen LogP contribution in [0.15, 0.2) is 47.1 Å². The topological polar surface area (TPSA) is 91.7 Å². The lowest BCUT2D eigenvalue weighted by Crippen LogP contribution is -2.43. The number of anilines is 2. The highest BCUT2D eigenvalue weighted by Crippen LogP contribution is 2.30. The summed E-state index contributed by atoms with van der Waals surface area (Å²) in [5, 5.41) is 5.72. The summed E-state index contributed by atoms with van der Waals surface area (Å²) in [6, 6.07) is 9.77. The maximum atomic E-state index is 12.7. The van der Waals surface area contributed by atoms with Crippen molar-refractivity contribution < 1.29 is 18.8 Å².